The maximum Gasteiger partial charge on any atom is 0.246 e. The lowest BCUT2D eigenvalue weighted by atomic mass is 10.1. The molecule has 2 heterocycles. The van der Waals surface area contributed by atoms with Crippen molar-refractivity contribution >= 4 is 17.8 Å². The molecule has 6 heteroatoms. The molecular formula is C18H17N5O. The van der Waals surface area contributed by atoms with Crippen LogP contribution in [-0.4, -0.2) is 47.0 Å². The third-order valence-electron chi connectivity index (χ3n) is 3.95. The van der Waals surface area contributed by atoms with Gasteiger partial charge in [-0.1, -0.05) is 18.2 Å². The second-order valence-electron chi connectivity index (χ2n) is 5.41. The van der Waals surface area contributed by atoms with Crippen molar-refractivity contribution in [3.8, 4) is 6.07 Å². The highest BCUT2D eigenvalue weighted by Gasteiger charge is 2.20. The fourth-order valence-corrected chi connectivity index (χ4v) is 2.62. The minimum Gasteiger partial charge on any atom is -0.352 e. The zero-order chi connectivity index (χ0) is 16.8. The van der Waals surface area contributed by atoms with E-state index in [0.29, 0.717) is 18.7 Å². The second kappa shape index (κ2) is 7.38. The van der Waals surface area contributed by atoms with Gasteiger partial charge in [0, 0.05) is 44.6 Å². The Morgan fingerprint density at radius 2 is 1.96 bits per heavy atom. The zero-order valence-electron chi connectivity index (χ0n) is 13.2. The van der Waals surface area contributed by atoms with Gasteiger partial charge in [-0.05, 0) is 17.7 Å². The number of anilines is 1. The van der Waals surface area contributed by atoms with Gasteiger partial charge >= 0.3 is 0 Å². The molecule has 1 saturated heterocycles. The molecule has 1 amide bonds. The molecule has 0 N–H and O–H groups in total. The van der Waals surface area contributed by atoms with Crippen LogP contribution in [0.3, 0.4) is 0 Å². The fraction of sp³-hybridized carbons (Fsp3) is 0.222. The van der Waals surface area contributed by atoms with E-state index in [2.05, 4.69) is 20.9 Å². The van der Waals surface area contributed by atoms with Crippen LogP contribution in [0.2, 0.25) is 0 Å². The van der Waals surface area contributed by atoms with Crippen LogP contribution in [0, 0.1) is 11.3 Å². The molecule has 24 heavy (non-hydrogen) atoms. The van der Waals surface area contributed by atoms with Crippen LogP contribution in [0.4, 0.5) is 5.82 Å². The van der Waals surface area contributed by atoms with Crippen molar-refractivity contribution in [2.75, 3.05) is 31.1 Å². The summed E-state index contributed by atoms with van der Waals surface area (Å²) in [6.07, 6.45) is 8.29. The number of rotatable bonds is 3. The van der Waals surface area contributed by atoms with E-state index in [4.69, 9.17) is 5.26 Å². The molecule has 1 aliphatic heterocycles. The number of aromatic nitrogens is 2. The highest BCUT2D eigenvalue weighted by atomic mass is 16.2. The van der Waals surface area contributed by atoms with E-state index in [0.717, 1.165) is 24.5 Å². The molecule has 2 aromatic rings. The molecule has 3 rings (SSSR count). The number of amides is 1. The molecule has 120 valence electrons. The predicted molar refractivity (Wildman–Crippen MR) is 91.0 cm³/mol. The van der Waals surface area contributed by atoms with E-state index in [-0.39, 0.29) is 5.91 Å². The smallest absolute Gasteiger partial charge is 0.246 e. The van der Waals surface area contributed by atoms with E-state index < -0.39 is 0 Å². The van der Waals surface area contributed by atoms with Crippen molar-refractivity contribution in [1.82, 2.24) is 14.9 Å². The number of hydrogen-bond acceptors (Lipinski definition) is 5. The monoisotopic (exact) mass is 319 g/mol. The van der Waals surface area contributed by atoms with Crippen LogP contribution in [0.1, 0.15) is 11.1 Å². The van der Waals surface area contributed by atoms with Crippen LogP contribution in [0.15, 0.2) is 48.9 Å². The average Bonchev–Trinajstić information content (AvgIpc) is 2.67. The van der Waals surface area contributed by atoms with Crippen molar-refractivity contribution < 1.29 is 4.79 Å². The number of carbonyl (C=O) groups is 1. The summed E-state index contributed by atoms with van der Waals surface area (Å²) in [4.78, 5) is 24.6. The van der Waals surface area contributed by atoms with Gasteiger partial charge in [-0.2, -0.15) is 5.26 Å². The highest BCUT2D eigenvalue weighted by Crippen LogP contribution is 2.13. The Kier molecular flexibility index (Phi) is 4.82. The van der Waals surface area contributed by atoms with E-state index in [1.54, 1.807) is 35.6 Å². The predicted octanol–water partition coefficient (Wildman–Crippen LogP) is 1.71. The van der Waals surface area contributed by atoms with Crippen LogP contribution in [-0.2, 0) is 4.79 Å². The van der Waals surface area contributed by atoms with E-state index >= 15 is 0 Å². The van der Waals surface area contributed by atoms with Crippen LogP contribution in [0.25, 0.3) is 6.08 Å². The van der Waals surface area contributed by atoms with Gasteiger partial charge in [0.1, 0.15) is 5.82 Å². The number of nitriles is 1. The summed E-state index contributed by atoms with van der Waals surface area (Å²) in [5.74, 6) is 0.796. The van der Waals surface area contributed by atoms with Gasteiger partial charge in [-0.3, -0.25) is 9.78 Å². The van der Waals surface area contributed by atoms with Crippen molar-refractivity contribution in [3.63, 3.8) is 0 Å². The van der Waals surface area contributed by atoms with Crippen molar-refractivity contribution in [2.24, 2.45) is 0 Å². The Balaban J connectivity index is 1.59. The van der Waals surface area contributed by atoms with Gasteiger partial charge in [0.05, 0.1) is 17.8 Å². The van der Waals surface area contributed by atoms with E-state index in [1.807, 2.05) is 18.2 Å². The molecule has 1 aliphatic rings. The molecule has 0 unspecified atom stereocenters. The first-order valence-electron chi connectivity index (χ1n) is 7.75. The largest absolute Gasteiger partial charge is 0.352 e. The lowest BCUT2D eigenvalue weighted by Crippen LogP contribution is -2.48. The third kappa shape index (κ3) is 3.58. The molecule has 0 spiro atoms. The van der Waals surface area contributed by atoms with Crippen molar-refractivity contribution in [1.29, 1.82) is 5.26 Å². The standard InChI is InChI=1S/C18H17N5O/c19-13-16-4-2-1-3-15(16)5-6-18(24)23-11-9-22(10-12-23)17-14-20-7-8-21-17/h1-8,14H,9-12H2/b6-5+. The van der Waals surface area contributed by atoms with Crippen molar-refractivity contribution in [2.45, 2.75) is 0 Å². The lowest BCUT2D eigenvalue weighted by Gasteiger charge is -2.34. The summed E-state index contributed by atoms with van der Waals surface area (Å²) >= 11 is 0. The van der Waals surface area contributed by atoms with Gasteiger partial charge in [-0.15, -0.1) is 0 Å². The first-order chi connectivity index (χ1) is 11.8. The average molecular weight is 319 g/mol. The topological polar surface area (TPSA) is 73.1 Å². The van der Waals surface area contributed by atoms with Crippen LogP contribution < -0.4 is 4.90 Å². The SMILES string of the molecule is N#Cc1ccccc1/C=C/C(=O)N1CCN(c2cnccn2)CC1. The summed E-state index contributed by atoms with van der Waals surface area (Å²) in [6, 6.07) is 9.36. The normalized spacial score (nSPS) is 14.6. The minimum atomic E-state index is -0.0402. The van der Waals surface area contributed by atoms with Gasteiger partial charge < -0.3 is 9.80 Å². The van der Waals surface area contributed by atoms with Crippen molar-refractivity contribution in [3.05, 3.63) is 60.1 Å². The summed E-state index contributed by atoms with van der Waals surface area (Å²) in [5, 5.41) is 9.07. The van der Waals surface area contributed by atoms with Gasteiger partial charge in [0.2, 0.25) is 5.91 Å². The first kappa shape index (κ1) is 15.7. The van der Waals surface area contributed by atoms with E-state index in [9.17, 15) is 4.79 Å². The second-order valence-corrected chi connectivity index (χ2v) is 5.41. The van der Waals surface area contributed by atoms with Crippen LogP contribution in [0.5, 0.6) is 0 Å². The molecule has 0 aliphatic carbocycles. The Hall–Kier alpha value is -3.20. The zero-order valence-corrected chi connectivity index (χ0v) is 13.2. The Morgan fingerprint density at radius 3 is 2.67 bits per heavy atom. The lowest BCUT2D eigenvalue weighted by molar-refractivity contribution is -0.126. The molecule has 0 radical (unpaired) electrons. The number of carbonyl (C=O) groups excluding carboxylic acids is 1. The summed E-state index contributed by atoms with van der Waals surface area (Å²) in [7, 11) is 0. The third-order valence-corrected chi connectivity index (χ3v) is 3.95. The summed E-state index contributed by atoms with van der Waals surface area (Å²) < 4.78 is 0. The molecule has 1 fully saturated rings. The summed E-state index contributed by atoms with van der Waals surface area (Å²) in [5.41, 5.74) is 1.32. The molecular weight excluding hydrogens is 302 g/mol. The maximum atomic E-state index is 12.3. The maximum absolute atomic E-state index is 12.3. The van der Waals surface area contributed by atoms with Gasteiger partial charge in [0.15, 0.2) is 0 Å². The Bertz CT molecular complexity index is 773. The fourth-order valence-electron chi connectivity index (χ4n) is 2.62. The molecule has 0 saturated carbocycles. The molecule has 1 aromatic heterocycles. The quantitative estimate of drug-likeness (QED) is 0.805. The molecule has 1 aromatic carbocycles. The number of hydrogen-bond donors (Lipinski definition) is 0. The molecule has 6 nitrogen and oxygen atoms in total. The van der Waals surface area contributed by atoms with E-state index in [1.165, 1.54) is 6.08 Å². The summed E-state index contributed by atoms with van der Waals surface area (Å²) in [6.45, 7) is 2.74. The Morgan fingerprint density at radius 1 is 1.17 bits per heavy atom. The molecule has 0 atom stereocenters. The number of nitrogens with zero attached hydrogens (tertiary/aromatic N) is 5. The highest BCUT2D eigenvalue weighted by molar-refractivity contribution is 5.92. The number of benzene rings is 1. The number of piperazine rings is 1. The van der Waals surface area contributed by atoms with Crippen LogP contribution >= 0.6 is 0 Å². The van der Waals surface area contributed by atoms with Gasteiger partial charge in [0.25, 0.3) is 0 Å². The molecule has 0 bridgehead atoms. The van der Waals surface area contributed by atoms with Gasteiger partial charge in [-0.25, -0.2) is 4.98 Å². The minimum absolute atomic E-state index is 0.0402. The Labute approximate surface area is 140 Å². The first-order valence-corrected chi connectivity index (χ1v) is 7.75.